The predicted octanol–water partition coefficient (Wildman–Crippen LogP) is 2.88. The molecule has 1 N–H and O–H groups in total. The Kier molecular flexibility index (Phi) is 4.88. The lowest BCUT2D eigenvalue weighted by molar-refractivity contribution is -0.129. The summed E-state index contributed by atoms with van der Waals surface area (Å²) < 4.78 is 0. The lowest BCUT2D eigenvalue weighted by Crippen LogP contribution is -2.49. The summed E-state index contributed by atoms with van der Waals surface area (Å²) in [5.41, 5.74) is 3.30. The van der Waals surface area contributed by atoms with Gasteiger partial charge >= 0.3 is 0 Å². The summed E-state index contributed by atoms with van der Waals surface area (Å²) in [6, 6.07) is 11.8. The van der Waals surface area contributed by atoms with Crippen molar-refractivity contribution in [1.82, 2.24) is 14.9 Å². The Balaban J connectivity index is 1.46. The van der Waals surface area contributed by atoms with E-state index in [4.69, 9.17) is 9.97 Å². The highest BCUT2D eigenvalue weighted by Crippen LogP contribution is 2.35. The van der Waals surface area contributed by atoms with Crippen LogP contribution in [0.25, 0.3) is 10.8 Å². The highest BCUT2D eigenvalue weighted by Gasteiger charge is 2.27. The molecule has 5 rings (SSSR count). The summed E-state index contributed by atoms with van der Waals surface area (Å²) in [5.74, 6) is 2.20. The number of carbonyl (C=O) groups excluding carboxylic acids is 1. The number of aryl methyl sites for hydroxylation is 1. The molecule has 0 spiro atoms. The van der Waals surface area contributed by atoms with Crippen LogP contribution in [0, 0.1) is 6.92 Å². The molecule has 2 aliphatic heterocycles. The Hall–Kier alpha value is -3.35. The summed E-state index contributed by atoms with van der Waals surface area (Å²) in [7, 11) is 0. The fourth-order valence-electron chi connectivity index (χ4n) is 4.77. The van der Waals surface area contributed by atoms with Gasteiger partial charge in [-0.3, -0.25) is 4.79 Å². The lowest BCUT2D eigenvalue weighted by atomic mass is 10.0. The molecule has 7 nitrogen and oxygen atoms in total. The number of aromatic nitrogens is 2. The third-order valence-corrected chi connectivity index (χ3v) is 6.35. The molecule has 160 valence electrons. The van der Waals surface area contributed by atoms with Crippen molar-refractivity contribution in [3.8, 4) is 5.75 Å². The van der Waals surface area contributed by atoms with Crippen molar-refractivity contribution in [1.29, 1.82) is 0 Å². The van der Waals surface area contributed by atoms with Crippen molar-refractivity contribution in [3.63, 3.8) is 0 Å². The zero-order valence-electron chi connectivity index (χ0n) is 18.0. The molecular formula is C24H27N5O2. The molecule has 2 aliphatic rings. The van der Waals surface area contributed by atoms with Gasteiger partial charge in [0.2, 0.25) is 5.91 Å². The van der Waals surface area contributed by atoms with Crippen LogP contribution in [0.4, 0.5) is 11.5 Å². The topological polar surface area (TPSA) is 72.8 Å². The van der Waals surface area contributed by atoms with Crippen LogP contribution >= 0.6 is 0 Å². The van der Waals surface area contributed by atoms with Crippen LogP contribution in [0.3, 0.4) is 0 Å². The average Bonchev–Trinajstić information content (AvgIpc) is 2.77. The molecule has 1 aromatic heterocycles. The van der Waals surface area contributed by atoms with Crippen LogP contribution in [0.2, 0.25) is 0 Å². The van der Waals surface area contributed by atoms with Gasteiger partial charge in [-0.05, 0) is 24.8 Å². The Labute approximate surface area is 181 Å². The van der Waals surface area contributed by atoms with Crippen molar-refractivity contribution in [3.05, 3.63) is 53.5 Å². The lowest BCUT2D eigenvalue weighted by Gasteiger charge is -2.38. The molecule has 0 unspecified atom stereocenters. The number of hydrogen-bond acceptors (Lipinski definition) is 6. The molecule has 0 saturated carbocycles. The van der Waals surface area contributed by atoms with Gasteiger partial charge in [-0.1, -0.05) is 24.3 Å². The summed E-state index contributed by atoms with van der Waals surface area (Å²) >= 11 is 0. The second kappa shape index (κ2) is 7.72. The molecule has 0 bridgehead atoms. The first kappa shape index (κ1) is 19.6. The highest BCUT2D eigenvalue weighted by molar-refractivity contribution is 5.95. The second-order valence-corrected chi connectivity index (χ2v) is 8.37. The largest absolute Gasteiger partial charge is 0.508 e. The summed E-state index contributed by atoms with van der Waals surface area (Å²) in [5, 5.41) is 12.4. The number of nitrogens with zero attached hydrogens (tertiary/aromatic N) is 5. The molecule has 7 heteroatoms. The van der Waals surface area contributed by atoms with Crippen LogP contribution in [0.1, 0.15) is 24.0 Å². The number of piperazine rings is 1. The number of rotatable bonds is 2. The van der Waals surface area contributed by atoms with Crippen molar-refractivity contribution < 1.29 is 9.90 Å². The number of phenolic OH excluding ortho intramolecular Hbond substituents is 1. The van der Waals surface area contributed by atoms with E-state index in [1.807, 2.05) is 42.2 Å². The first-order chi connectivity index (χ1) is 15.0. The summed E-state index contributed by atoms with van der Waals surface area (Å²) in [4.78, 5) is 27.7. The van der Waals surface area contributed by atoms with Crippen LogP contribution in [0.15, 0.2) is 36.4 Å². The second-order valence-electron chi connectivity index (χ2n) is 8.37. The quantitative estimate of drug-likeness (QED) is 0.691. The standard InChI is InChI=1S/C24H27N5O2/c1-16-25-22-15-29(23-14-19(31)13-18-5-3-4-6-20(18)23)8-7-21(22)24(26-16)28-11-9-27(10-12-28)17(2)30/h3-6,13-14,31H,7-12,15H2,1-2H3. The van der Waals surface area contributed by atoms with Crippen molar-refractivity contribution >= 4 is 28.2 Å². The van der Waals surface area contributed by atoms with Crippen molar-refractivity contribution in [2.24, 2.45) is 0 Å². The molecule has 0 aliphatic carbocycles. The molecule has 0 radical (unpaired) electrons. The minimum atomic E-state index is 0.134. The zero-order chi connectivity index (χ0) is 21.5. The minimum Gasteiger partial charge on any atom is -0.508 e. The van der Waals surface area contributed by atoms with Crippen molar-refractivity contribution in [2.45, 2.75) is 26.8 Å². The van der Waals surface area contributed by atoms with Crippen molar-refractivity contribution in [2.75, 3.05) is 42.5 Å². The van der Waals surface area contributed by atoms with E-state index >= 15 is 0 Å². The van der Waals surface area contributed by atoms with Gasteiger partial charge in [0.1, 0.15) is 17.4 Å². The summed E-state index contributed by atoms with van der Waals surface area (Å²) in [6.45, 7) is 8.15. The van der Waals surface area contributed by atoms with Gasteiger partial charge in [-0.25, -0.2) is 9.97 Å². The van der Waals surface area contributed by atoms with Gasteiger partial charge in [-0.2, -0.15) is 0 Å². The Morgan fingerprint density at radius 2 is 1.77 bits per heavy atom. The predicted molar refractivity (Wildman–Crippen MR) is 122 cm³/mol. The third kappa shape index (κ3) is 3.65. The molecule has 1 amide bonds. The highest BCUT2D eigenvalue weighted by atomic mass is 16.3. The van der Waals surface area contributed by atoms with Crippen LogP contribution in [0.5, 0.6) is 5.75 Å². The fraction of sp³-hybridized carbons (Fsp3) is 0.375. The molecule has 3 aromatic rings. The number of hydrogen-bond donors (Lipinski definition) is 1. The molecule has 0 atom stereocenters. The van der Waals surface area contributed by atoms with E-state index in [-0.39, 0.29) is 11.7 Å². The smallest absolute Gasteiger partial charge is 0.219 e. The van der Waals surface area contributed by atoms with Gasteiger partial charge in [0.25, 0.3) is 0 Å². The van der Waals surface area contributed by atoms with E-state index in [9.17, 15) is 9.90 Å². The molecule has 2 aromatic carbocycles. The van der Waals surface area contributed by atoms with E-state index in [2.05, 4.69) is 15.9 Å². The molecule has 31 heavy (non-hydrogen) atoms. The third-order valence-electron chi connectivity index (χ3n) is 6.35. The number of phenols is 1. The molecule has 1 saturated heterocycles. The average molecular weight is 418 g/mol. The van der Waals surface area contributed by atoms with Gasteiger partial charge < -0.3 is 19.8 Å². The molecule has 3 heterocycles. The van der Waals surface area contributed by atoms with Gasteiger partial charge in [0.05, 0.1) is 12.2 Å². The monoisotopic (exact) mass is 417 g/mol. The van der Waals surface area contributed by atoms with Gasteiger partial charge in [-0.15, -0.1) is 0 Å². The van der Waals surface area contributed by atoms with E-state index in [1.165, 1.54) is 5.56 Å². The zero-order valence-corrected chi connectivity index (χ0v) is 18.0. The Morgan fingerprint density at radius 3 is 2.55 bits per heavy atom. The maximum absolute atomic E-state index is 11.7. The Morgan fingerprint density at radius 1 is 1.00 bits per heavy atom. The van der Waals surface area contributed by atoms with Gasteiger partial charge in [0, 0.05) is 62.4 Å². The fourth-order valence-corrected chi connectivity index (χ4v) is 4.77. The van der Waals surface area contributed by atoms with Gasteiger partial charge in [0.15, 0.2) is 0 Å². The molecular weight excluding hydrogens is 390 g/mol. The van der Waals surface area contributed by atoms with E-state index in [1.54, 1.807) is 6.92 Å². The normalized spacial score (nSPS) is 16.5. The number of benzene rings is 2. The first-order valence-corrected chi connectivity index (χ1v) is 10.8. The summed E-state index contributed by atoms with van der Waals surface area (Å²) in [6.07, 6.45) is 0.849. The maximum atomic E-state index is 11.7. The van der Waals surface area contributed by atoms with Crippen LogP contribution in [-0.2, 0) is 17.8 Å². The number of amides is 1. The maximum Gasteiger partial charge on any atom is 0.219 e. The van der Waals surface area contributed by atoms with E-state index < -0.39 is 0 Å². The SMILES string of the molecule is CC(=O)N1CCN(c2nc(C)nc3c2CCN(c2cc(O)cc4ccccc24)C3)CC1. The Bertz CT molecular complexity index is 1150. The van der Waals surface area contributed by atoms with Crippen LogP contribution < -0.4 is 9.80 Å². The number of aromatic hydroxyl groups is 1. The number of carbonyl (C=O) groups is 1. The number of anilines is 2. The minimum absolute atomic E-state index is 0.134. The molecule has 1 fully saturated rings. The number of fused-ring (bicyclic) bond motifs is 2. The first-order valence-electron chi connectivity index (χ1n) is 10.8. The van der Waals surface area contributed by atoms with E-state index in [0.717, 1.165) is 72.9 Å². The van der Waals surface area contributed by atoms with Crippen LogP contribution in [-0.4, -0.2) is 58.6 Å². The van der Waals surface area contributed by atoms with E-state index in [0.29, 0.717) is 6.54 Å².